The van der Waals surface area contributed by atoms with E-state index in [2.05, 4.69) is 15.0 Å². The molecule has 6 rings (SSSR count). The van der Waals surface area contributed by atoms with Crippen molar-refractivity contribution in [3.05, 3.63) is 40.3 Å². The monoisotopic (exact) mass is 520 g/mol. The van der Waals surface area contributed by atoms with E-state index < -0.39 is 5.97 Å². The number of hydrogen-bond donors (Lipinski definition) is 1. The maximum Gasteiger partial charge on any atom is 0.303 e. The molecule has 3 heterocycles. The average Bonchev–Trinajstić information content (AvgIpc) is 3.06. The third kappa shape index (κ3) is 4.88. The van der Waals surface area contributed by atoms with Crippen LogP contribution >= 0.6 is 0 Å². The Morgan fingerprint density at radius 2 is 1.63 bits per heavy atom. The Hall–Kier alpha value is -2.74. The molecule has 0 radical (unpaired) electrons. The second-order valence-electron chi connectivity index (χ2n) is 12.1. The van der Waals surface area contributed by atoms with Crippen molar-refractivity contribution in [2.45, 2.75) is 108 Å². The van der Waals surface area contributed by atoms with Crippen LogP contribution in [0, 0.1) is 11.8 Å². The standard InChI is InChI=1S/C30H40N4O4/c1-38-32-26(12-13-28(35)36)29-30(37)34(27-9-5-4-8-25(27)31-29)24-17-21-10-11-22(18-24)33(21)23-15-19-6-2-3-7-20(14-19)16-23/h4-5,8-9,19-24H,2-3,6-7,10-18H2,1H3,(H,35,36)/t19?,20?,21-,22?,23?,24+/m1/s1. The van der Waals surface area contributed by atoms with Gasteiger partial charge in [0.15, 0.2) is 5.69 Å². The Bertz CT molecular complexity index is 1240. The Labute approximate surface area is 224 Å². The fraction of sp³-hybridized carbons (Fsp3) is 0.667. The number of piperidine rings is 1. The number of hydrogen-bond acceptors (Lipinski definition) is 6. The van der Waals surface area contributed by atoms with Crippen LogP contribution in [-0.2, 0) is 9.63 Å². The molecule has 204 valence electrons. The van der Waals surface area contributed by atoms with Gasteiger partial charge in [0, 0.05) is 30.6 Å². The lowest BCUT2D eigenvalue weighted by Gasteiger charge is -2.48. The Morgan fingerprint density at radius 3 is 2.29 bits per heavy atom. The quantitative estimate of drug-likeness (QED) is 0.401. The molecular weight excluding hydrogens is 480 g/mol. The first kappa shape index (κ1) is 25.5. The zero-order valence-electron chi connectivity index (χ0n) is 22.4. The maximum absolute atomic E-state index is 14.0. The van der Waals surface area contributed by atoms with Crippen LogP contribution < -0.4 is 5.56 Å². The molecule has 8 nitrogen and oxygen atoms in total. The predicted octanol–water partition coefficient (Wildman–Crippen LogP) is 5.14. The molecule has 2 aromatic rings. The van der Waals surface area contributed by atoms with Gasteiger partial charge in [-0.3, -0.25) is 14.5 Å². The summed E-state index contributed by atoms with van der Waals surface area (Å²) in [6.07, 6.45) is 14.1. The van der Waals surface area contributed by atoms with Crippen LogP contribution in [0.5, 0.6) is 0 Å². The van der Waals surface area contributed by atoms with Crippen LogP contribution in [0.1, 0.15) is 95.2 Å². The van der Waals surface area contributed by atoms with E-state index in [1.54, 1.807) is 0 Å². The van der Waals surface area contributed by atoms with Crippen molar-refractivity contribution in [1.29, 1.82) is 0 Å². The molecule has 0 spiro atoms. The fourth-order valence-corrected chi connectivity index (χ4v) is 8.35. The van der Waals surface area contributed by atoms with Crippen LogP contribution in [-0.4, -0.2) is 56.5 Å². The molecule has 2 saturated carbocycles. The van der Waals surface area contributed by atoms with E-state index in [1.165, 1.54) is 64.9 Å². The van der Waals surface area contributed by atoms with E-state index >= 15 is 0 Å². The smallest absolute Gasteiger partial charge is 0.303 e. The van der Waals surface area contributed by atoms with Crippen molar-refractivity contribution in [3.63, 3.8) is 0 Å². The number of para-hydroxylation sites is 2. The first-order valence-corrected chi connectivity index (χ1v) is 14.6. The second-order valence-corrected chi connectivity index (χ2v) is 12.1. The molecule has 1 N–H and O–H groups in total. The fourth-order valence-electron chi connectivity index (χ4n) is 8.35. The van der Waals surface area contributed by atoms with Crippen LogP contribution in [0.15, 0.2) is 34.2 Å². The number of rotatable bonds is 7. The summed E-state index contributed by atoms with van der Waals surface area (Å²) < 4.78 is 1.95. The van der Waals surface area contributed by atoms with Gasteiger partial charge in [-0.15, -0.1) is 0 Å². The van der Waals surface area contributed by atoms with Gasteiger partial charge in [0.25, 0.3) is 5.56 Å². The lowest BCUT2D eigenvalue weighted by atomic mass is 9.76. The highest BCUT2D eigenvalue weighted by Gasteiger charge is 2.47. The third-order valence-electron chi connectivity index (χ3n) is 9.75. The molecule has 4 fully saturated rings. The molecule has 1 aromatic heterocycles. The average molecular weight is 521 g/mol. The topological polar surface area (TPSA) is 97.0 Å². The van der Waals surface area contributed by atoms with Crippen molar-refractivity contribution in [1.82, 2.24) is 14.5 Å². The minimum Gasteiger partial charge on any atom is -0.481 e. The molecular formula is C30H40N4O4. The lowest BCUT2D eigenvalue weighted by molar-refractivity contribution is -0.136. The van der Waals surface area contributed by atoms with Crippen molar-refractivity contribution >= 4 is 22.7 Å². The van der Waals surface area contributed by atoms with Crippen molar-refractivity contribution in [2.24, 2.45) is 17.0 Å². The number of carboxylic acid groups (broad SMARTS) is 1. The van der Waals surface area contributed by atoms with Crippen LogP contribution in [0.3, 0.4) is 0 Å². The summed E-state index contributed by atoms with van der Waals surface area (Å²) in [4.78, 5) is 37.9. The van der Waals surface area contributed by atoms with Gasteiger partial charge in [-0.1, -0.05) is 43.0 Å². The second kappa shape index (κ2) is 10.8. The number of benzene rings is 1. The van der Waals surface area contributed by atoms with E-state index in [1.807, 2.05) is 28.8 Å². The van der Waals surface area contributed by atoms with Gasteiger partial charge < -0.3 is 14.5 Å². The normalized spacial score (nSPS) is 31.8. The summed E-state index contributed by atoms with van der Waals surface area (Å²) in [5.41, 5.74) is 1.89. The summed E-state index contributed by atoms with van der Waals surface area (Å²) in [5.74, 6) is 0.857. The predicted molar refractivity (Wildman–Crippen MR) is 146 cm³/mol. The van der Waals surface area contributed by atoms with E-state index in [0.717, 1.165) is 35.7 Å². The number of carbonyl (C=O) groups is 1. The van der Waals surface area contributed by atoms with Gasteiger partial charge in [0.05, 0.1) is 17.5 Å². The molecule has 2 aliphatic carbocycles. The summed E-state index contributed by atoms with van der Waals surface area (Å²) in [6.45, 7) is 0. The van der Waals surface area contributed by atoms with Gasteiger partial charge in [0.1, 0.15) is 12.8 Å². The largest absolute Gasteiger partial charge is 0.481 e. The molecule has 5 atom stereocenters. The Balaban J connectivity index is 1.32. The van der Waals surface area contributed by atoms with E-state index in [0.29, 0.717) is 23.8 Å². The number of nitrogens with zero attached hydrogens (tertiary/aromatic N) is 4. The number of oxime groups is 1. The van der Waals surface area contributed by atoms with E-state index in [-0.39, 0.29) is 30.1 Å². The first-order chi connectivity index (χ1) is 18.5. The maximum atomic E-state index is 14.0. The summed E-state index contributed by atoms with van der Waals surface area (Å²) in [5, 5.41) is 13.3. The third-order valence-corrected chi connectivity index (χ3v) is 9.75. The van der Waals surface area contributed by atoms with Crippen molar-refractivity contribution < 1.29 is 14.7 Å². The molecule has 4 aliphatic rings. The minimum absolute atomic E-state index is 0.0945. The van der Waals surface area contributed by atoms with Gasteiger partial charge in [-0.2, -0.15) is 0 Å². The van der Waals surface area contributed by atoms with Gasteiger partial charge in [-0.05, 0) is 68.9 Å². The van der Waals surface area contributed by atoms with Crippen LogP contribution in [0.2, 0.25) is 0 Å². The lowest BCUT2D eigenvalue weighted by Crippen LogP contribution is -2.52. The number of fused-ring (bicyclic) bond motifs is 5. The first-order valence-electron chi connectivity index (χ1n) is 14.6. The summed E-state index contributed by atoms with van der Waals surface area (Å²) >= 11 is 0. The van der Waals surface area contributed by atoms with Gasteiger partial charge >= 0.3 is 5.97 Å². The number of aliphatic carboxylic acids is 1. The van der Waals surface area contributed by atoms with Gasteiger partial charge in [0.2, 0.25) is 0 Å². The zero-order valence-corrected chi connectivity index (χ0v) is 22.4. The molecule has 3 unspecified atom stereocenters. The Kier molecular flexibility index (Phi) is 7.25. The van der Waals surface area contributed by atoms with Crippen LogP contribution in [0.25, 0.3) is 11.0 Å². The highest BCUT2D eigenvalue weighted by atomic mass is 16.6. The summed E-state index contributed by atoms with van der Waals surface area (Å²) in [6, 6.07) is 9.62. The molecule has 0 amide bonds. The van der Waals surface area contributed by atoms with E-state index in [4.69, 9.17) is 4.84 Å². The van der Waals surface area contributed by atoms with E-state index in [9.17, 15) is 14.7 Å². The Morgan fingerprint density at radius 1 is 0.947 bits per heavy atom. The van der Waals surface area contributed by atoms with Crippen LogP contribution in [0.4, 0.5) is 0 Å². The number of aromatic nitrogens is 2. The highest BCUT2D eigenvalue weighted by Crippen LogP contribution is 2.47. The van der Waals surface area contributed by atoms with Crippen molar-refractivity contribution in [2.75, 3.05) is 7.11 Å². The highest BCUT2D eigenvalue weighted by molar-refractivity contribution is 6.00. The number of carboxylic acids is 1. The van der Waals surface area contributed by atoms with Crippen molar-refractivity contribution in [3.8, 4) is 0 Å². The molecule has 2 saturated heterocycles. The molecule has 2 aliphatic heterocycles. The molecule has 1 aromatic carbocycles. The SMILES string of the molecule is CON=C(CCC(=O)O)c1nc2ccccc2n([C@@H]2CC3CC[C@H](C2)N3C2CC3CCCCC(C3)C2)c1=O. The summed E-state index contributed by atoms with van der Waals surface area (Å²) in [7, 11) is 1.41. The minimum atomic E-state index is -0.943. The zero-order chi connectivity index (χ0) is 26.2. The molecule has 8 heteroatoms. The molecule has 38 heavy (non-hydrogen) atoms. The van der Waals surface area contributed by atoms with Gasteiger partial charge in [-0.25, -0.2) is 4.98 Å². The molecule has 4 bridgehead atoms.